The zero-order chi connectivity index (χ0) is 14.0. The van der Waals surface area contributed by atoms with Crippen molar-refractivity contribution >= 4 is 5.69 Å². The fraction of sp³-hybridized carbons (Fsp3) is 0.647. The Bertz CT molecular complexity index is 427. The molecule has 2 rings (SSSR count). The van der Waals surface area contributed by atoms with Gasteiger partial charge in [0, 0.05) is 30.9 Å². The zero-order valence-corrected chi connectivity index (χ0v) is 13.1. The lowest BCUT2D eigenvalue weighted by molar-refractivity contribution is 0.401. The minimum absolute atomic E-state index is 0.176. The first-order chi connectivity index (χ1) is 8.87. The van der Waals surface area contributed by atoms with Crippen LogP contribution in [0.15, 0.2) is 18.2 Å². The number of anilines is 1. The van der Waals surface area contributed by atoms with E-state index in [1.54, 1.807) is 0 Å². The normalized spacial score (nSPS) is 16.3. The standard InChI is InChI=1S/C17H28N2/c1-13-11-14(12-18-17(2,3)4)9-10-16(13)19(5)15-7-6-8-15/h9-11,15,18H,6-8,12H2,1-5H3. The molecule has 0 heterocycles. The van der Waals surface area contributed by atoms with Crippen molar-refractivity contribution in [1.82, 2.24) is 5.32 Å². The largest absolute Gasteiger partial charge is 0.371 e. The highest BCUT2D eigenvalue weighted by Gasteiger charge is 2.23. The second kappa shape index (κ2) is 5.54. The van der Waals surface area contributed by atoms with Gasteiger partial charge in [-0.05, 0) is 64.2 Å². The van der Waals surface area contributed by atoms with E-state index in [4.69, 9.17) is 0 Å². The maximum atomic E-state index is 3.55. The van der Waals surface area contributed by atoms with Gasteiger partial charge >= 0.3 is 0 Å². The Morgan fingerprint density at radius 2 is 1.95 bits per heavy atom. The Labute approximate surface area is 118 Å². The minimum Gasteiger partial charge on any atom is -0.371 e. The van der Waals surface area contributed by atoms with Gasteiger partial charge in [-0.25, -0.2) is 0 Å². The highest BCUT2D eigenvalue weighted by Crippen LogP contribution is 2.30. The van der Waals surface area contributed by atoms with Crippen LogP contribution in [0.4, 0.5) is 5.69 Å². The summed E-state index contributed by atoms with van der Waals surface area (Å²) in [5, 5.41) is 3.55. The van der Waals surface area contributed by atoms with Crippen LogP contribution in [0, 0.1) is 6.92 Å². The quantitative estimate of drug-likeness (QED) is 0.884. The maximum Gasteiger partial charge on any atom is 0.0396 e. The Kier molecular flexibility index (Phi) is 4.19. The third-order valence-corrected chi connectivity index (χ3v) is 4.09. The molecule has 1 saturated carbocycles. The Balaban J connectivity index is 2.04. The fourth-order valence-corrected chi connectivity index (χ4v) is 2.56. The molecule has 0 bridgehead atoms. The number of benzene rings is 1. The summed E-state index contributed by atoms with van der Waals surface area (Å²) in [6.45, 7) is 9.79. The van der Waals surface area contributed by atoms with Crippen molar-refractivity contribution in [3.63, 3.8) is 0 Å². The molecule has 1 fully saturated rings. The van der Waals surface area contributed by atoms with Crippen molar-refractivity contribution in [3.05, 3.63) is 29.3 Å². The first kappa shape index (κ1) is 14.4. The van der Waals surface area contributed by atoms with Crippen LogP contribution in [0.25, 0.3) is 0 Å². The van der Waals surface area contributed by atoms with Crippen LogP contribution in [-0.4, -0.2) is 18.6 Å². The Hall–Kier alpha value is -1.02. The predicted molar refractivity (Wildman–Crippen MR) is 83.8 cm³/mol. The van der Waals surface area contributed by atoms with Crippen molar-refractivity contribution in [1.29, 1.82) is 0 Å². The van der Waals surface area contributed by atoms with Crippen LogP contribution in [0.2, 0.25) is 0 Å². The van der Waals surface area contributed by atoms with Gasteiger partial charge in [-0.1, -0.05) is 12.1 Å². The van der Waals surface area contributed by atoms with E-state index in [9.17, 15) is 0 Å². The van der Waals surface area contributed by atoms with Crippen LogP contribution in [0.3, 0.4) is 0 Å². The van der Waals surface area contributed by atoms with E-state index in [1.165, 1.54) is 36.1 Å². The second-order valence-corrected chi connectivity index (χ2v) is 6.92. The molecule has 0 unspecified atom stereocenters. The molecule has 0 spiro atoms. The van der Waals surface area contributed by atoms with Crippen LogP contribution in [-0.2, 0) is 6.54 Å². The van der Waals surface area contributed by atoms with Gasteiger partial charge in [-0.3, -0.25) is 0 Å². The molecule has 1 N–H and O–H groups in total. The first-order valence-corrected chi connectivity index (χ1v) is 7.44. The summed E-state index contributed by atoms with van der Waals surface area (Å²) >= 11 is 0. The lowest BCUT2D eigenvalue weighted by Crippen LogP contribution is -2.37. The summed E-state index contributed by atoms with van der Waals surface area (Å²) in [4.78, 5) is 2.46. The van der Waals surface area contributed by atoms with Gasteiger partial charge in [0.25, 0.3) is 0 Å². The first-order valence-electron chi connectivity index (χ1n) is 7.44. The van der Waals surface area contributed by atoms with E-state index in [1.807, 2.05) is 0 Å². The number of hydrogen-bond acceptors (Lipinski definition) is 2. The number of hydrogen-bond donors (Lipinski definition) is 1. The highest BCUT2D eigenvalue weighted by molar-refractivity contribution is 5.55. The number of rotatable bonds is 4. The minimum atomic E-state index is 0.176. The summed E-state index contributed by atoms with van der Waals surface area (Å²) in [5.41, 5.74) is 4.33. The summed E-state index contributed by atoms with van der Waals surface area (Å²) in [6, 6.07) is 7.63. The molecule has 0 atom stereocenters. The molecule has 2 nitrogen and oxygen atoms in total. The Morgan fingerprint density at radius 3 is 2.42 bits per heavy atom. The predicted octanol–water partition coefficient (Wildman–Crippen LogP) is 3.87. The fourth-order valence-electron chi connectivity index (χ4n) is 2.56. The van der Waals surface area contributed by atoms with Gasteiger partial charge in [0.15, 0.2) is 0 Å². The number of nitrogens with one attached hydrogen (secondary N) is 1. The van der Waals surface area contributed by atoms with E-state index >= 15 is 0 Å². The topological polar surface area (TPSA) is 15.3 Å². The number of aryl methyl sites for hydroxylation is 1. The molecule has 2 heteroatoms. The van der Waals surface area contributed by atoms with Gasteiger partial charge in [-0.2, -0.15) is 0 Å². The van der Waals surface area contributed by atoms with Gasteiger partial charge in [0.2, 0.25) is 0 Å². The second-order valence-electron chi connectivity index (χ2n) is 6.92. The van der Waals surface area contributed by atoms with E-state index in [0.717, 1.165) is 12.6 Å². The molecule has 0 saturated heterocycles. The summed E-state index contributed by atoms with van der Waals surface area (Å²) in [5.74, 6) is 0. The van der Waals surface area contributed by atoms with Gasteiger partial charge in [0.05, 0.1) is 0 Å². The van der Waals surface area contributed by atoms with Crippen LogP contribution in [0.5, 0.6) is 0 Å². The van der Waals surface area contributed by atoms with Crippen molar-refractivity contribution < 1.29 is 0 Å². The lowest BCUT2D eigenvalue weighted by Gasteiger charge is -2.37. The van der Waals surface area contributed by atoms with Gasteiger partial charge in [-0.15, -0.1) is 0 Å². The molecule has 1 aromatic rings. The summed E-state index contributed by atoms with van der Waals surface area (Å²) in [7, 11) is 2.24. The molecular formula is C17H28N2. The summed E-state index contributed by atoms with van der Waals surface area (Å²) in [6.07, 6.45) is 4.09. The molecular weight excluding hydrogens is 232 g/mol. The van der Waals surface area contributed by atoms with E-state index in [-0.39, 0.29) is 5.54 Å². The van der Waals surface area contributed by atoms with Crippen LogP contribution in [0.1, 0.15) is 51.2 Å². The maximum absolute atomic E-state index is 3.55. The monoisotopic (exact) mass is 260 g/mol. The van der Waals surface area contributed by atoms with Gasteiger partial charge in [0.1, 0.15) is 0 Å². The van der Waals surface area contributed by atoms with Crippen LogP contribution >= 0.6 is 0 Å². The van der Waals surface area contributed by atoms with Gasteiger partial charge < -0.3 is 10.2 Å². The van der Waals surface area contributed by atoms with Crippen molar-refractivity contribution in [3.8, 4) is 0 Å². The highest BCUT2D eigenvalue weighted by atomic mass is 15.1. The third kappa shape index (κ3) is 3.73. The third-order valence-electron chi connectivity index (χ3n) is 4.09. The lowest BCUT2D eigenvalue weighted by atomic mass is 9.91. The smallest absolute Gasteiger partial charge is 0.0396 e. The molecule has 0 aliphatic heterocycles. The molecule has 106 valence electrons. The molecule has 0 radical (unpaired) electrons. The average Bonchev–Trinajstić information content (AvgIpc) is 2.23. The molecule has 1 aliphatic rings. The number of nitrogens with zero attached hydrogens (tertiary/aromatic N) is 1. The summed E-state index contributed by atoms with van der Waals surface area (Å²) < 4.78 is 0. The van der Waals surface area contributed by atoms with Crippen LogP contribution < -0.4 is 10.2 Å². The zero-order valence-electron chi connectivity index (χ0n) is 13.1. The van der Waals surface area contributed by atoms with E-state index < -0.39 is 0 Å². The molecule has 0 aromatic heterocycles. The average molecular weight is 260 g/mol. The van der Waals surface area contributed by atoms with E-state index in [2.05, 4.69) is 63.2 Å². The SMILES string of the molecule is Cc1cc(CNC(C)(C)C)ccc1N(C)C1CCC1. The van der Waals surface area contributed by atoms with Crippen molar-refractivity contribution in [2.75, 3.05) is 11.9 Å². The molecule has 19 heavy (non-hydrogen) atoms. The molecule has 1 aliphatic carbocycles. The van der Waals surface area contributed by atoms with Crippen molar-refractivity contribution in [2.24, 2.45) is 0 Å². The van der Waals surface area contributed by atoms with Crippen molar-refractivity contribution in [2.45, 2.75) is 65.1 Å². The van der Waals surface area contributed by atoms with E-state index in [0.29, 0.717) is 0 Å². The molecule has 0 amide bonds. The Morgan fingerprint density at radius 1 is 1.26 bits per heavy atom. The molecule has 1 aromatic carbocycles.